The second kappa shape index (κ2) is 10.2. The zero-order valence-corrected chi connectivity index (χ0v) is 25.3. The quantitative estimate of drug-likeness (QED) is 0.377. The van der Waals surface area contributed by atoms with Crippen molar-refractivity contribution in [2.75, 3.05) is 13.2 Å². The number of ether oxygens (including phenoxy) is 4. The number of hydrogen-bond acceptors (Lipinski definition) is 8. The maximum Gasteiger partial charge on any atom is 0.186 e. The number of rotatable bonds is 3. The van der Waals surface area contributed by atoms with Gasteiger partial charge in [-0.25, -0.2) is 0 Å². The van der Waals surface area contributed by atoms with Gasteiger partial charge in [-0.15, -0.1) is 0 Å². The van der Waals surface area contributed by atoms with Crippen molar-refractivity contribution in [1.82, 2.24) is 0 Å². The van der Waals surface area contributed by atoms with Crippen molar-refractivity contribution in [2.45, 2.75) is 134 Å². The van der Waals surface area contributed by atoms with Gasteiger partial charge in [0.05, 0.1) is 25.4 Å². The highest BCUT2D eigenvalue weighted by molar-refractivity contribution is 5.26. The Balaban J connectivity index is 1.05. The molecule has 0 aromatic rings. The molecule has 8 nitrogen and oxygen atoms in total. The molecule has 7 aliphatic rings. The molecule has 41 heavy (non-hydrogen) atoms. The first-order valence-electron chi connectivity index (χ1n) is 16.5. The summed E-state index contributed by atoms with van der Waals surface area (Å²) in [7, 11) is 0. The Morgan fingerprint density at radius 2 is 1.78 bits per heavy atom. The Morgan fingerprint density at radius 3 is 2.51 bits per heavy atom. The van der Waals surface area contributed by atoms with Crippen molar-refractivity contribution < 1.29 is 39.4 Å². The largest absolute Gasteiger partial charge is 0.394 e. The third kappa shape index (κ3) is 4.29. The van der Waals surface area contributed by atoms with E-state index in [4.69, 9.17) is 18.9 Å². The lowest BCUT2D eigenvalue weighted by molar-refractivity contribution is -0.313. The van der Waals surface area contributed by atoms with E-state index in [1.807, 2.05) is 0 Å². The van der Waals surface area contributed by atoms with Crippen LogP contribution in [0.1, 0.15) is 85.5 Å². The molecule has 14 unspecified atom stereocenters. The minimum atomic E-state index is -1.41. The highest BCUT2D eigenvalue weighted by Crippen LogP contribution is 2.70. The smallest absolute Gasteiger partial charge is 0.186 e. The van der Waals surface area contributed by atoms with Gasteiger partial charge in [0.25, 0.3) is 0 Å². The molecule has 0 aromatic carbocycles. The molecular weight excluding hydrogens is 524 g/mol. The van der Waals surface area contributed by atoms with Gasteiger partial charge in [-0.3, -0.25) is 0 Å². The Labute approximate surface area is 244 Å². The third-order valence-electron chi connectivity index (χ3n) is 13.5. The van der Waals surface area contributed by atoms with E-state index in [0.717, 1.165) is 45.1 Å². The molecule has 3 heterocycles. The molecular formula is C33H52O8. The fraction of sp³-hybridized carbons (Fsp3) is 0.939. The average Bonchev–Trinajstić information content (AvgIpc) is 3.40. The zero-order valence-electron chi connectivity index (χ0n) is 25.3. The van der Waals surface area contributed by atoms with E-state index < -0.39 is 37.3 Å². The minimum absolute atomic E-state index is 0.129. The average molecular weight is 577 g/mol. The van der Waals surface area contributed by atoms with Crippen molar-refractivity contribution in [3.63, 3.8) is 0 Å². The van der Waals surface area contributed by atoms with Crippen LogP contribution in [0, 0.1) is 46.3 Å². The van der Waals surface area contributed by atoms with Crippen LogP contribution < -0.4 is 0 Å². The Kier molecular flexibility index (Phi) is 7.27. The van der Waals surface area contributed by atoms with Crippen LogP contribution in [0.2, 0.25) is 0 Å². The molecule has 1 spiro atoms. The van der Waals surface area contributed by atoms with Gasteiger partial charge in [-0.1, -0.05) is 39.3 Å². The first-order chi connectivity index (χ1) is 19.5. The van der Waals surface area contributed by atoms with E-state index in [1.165, 1.54) is 24.8 Å². The molecule has 0 amide bonds. The maximum atomic E-state index is 10.5. The molecule has 3 saturated heterocycles. The third-order valence-corrected chi connectivity index (χ3v) is 13.5. The summed E-state index contributed by atoms with van der Waals surface area (Å²) in [6.45, 7) is 10.1. The summed E-state index contributed by atoms with van der Waals surface area (Å²) in [5.74, 6) is 3.28. The summed E-state index contributed by atoms with van der Waals surface area (Å²) in [6.07, 6.45) is 6.24. The van der Waals surface area contributed by atoms with Gasteiger partial charge in [-0.05, 0) is 91.8 Å². The molecule has 3 saturated carbocycles. The topological polar surface area (TPSA) is 118 Å². The first-order valence-corrected chi connectivity index (χ1v) is 16.5. The van der Waals surface area contributed by atoms with Crippen LogP contribution in [0.15, 0.2) is 11.6 Å². The molecule has 7 rings (SSSR count). The van der Waals surface area contributed by atoms with Crippen molar-refractivity contribution >= 4 is 0 Å². The van der Waals surface area contributed by atoms with Gasteiger partial charge in [0, 0.05) is 12.3 Å². The van der Waals surface area contributed by atoms with Gasteiger partial charge in [0.2, 0.25) is 0 Å². The molecule has 4 N–H and O–H groups in total. The summed E-state index contributed by atoms with van der Waals surface area (Å²) >= 11 is 0. The van der Waals surface area contributed by atoms with Crippen LogP contribution in [-0.2, 0) is 18.9 Å². The van der Waals surface area contributed by atoms with E-state index in [0.29, 0.717) is 47.0 Å². The van der Waals surface area contributed by atoms with Crippen LogP contribution in [0.25, 0.3) is 0 Å². The minimum Gasteiger partial charge on any atom is -0.394 e. The predicted molar refractivity (Wildman–Crippen MR) is 150 cm³/mol. The number of allylic oxidation sites excluding steroid dienone is 1. The summed E-state index contributed by atoms with van der Waals surface area (Å²) in [6, 6.07) is 0. The number of aliphatic hydroxyl groups is 4. The molecule has 3 aliphatic heterocycles. The molecule has 0 radical (unpaired) electrons. The van der Waals surface area contributed by atoms with Crippen LogP contribution in [0.3, 0.4) is 0 Å². The Morgan fingerprint density at radius 1 is 0.976 bits per heavy atom. The van der Waals surface area contributed by atoms with Crippen molar-refractivity contribution in [3.8, 4) is 0 Å². The van der Waals surface area contributed by atoms with E-state index in [2.05, 4.69) is 33.8 Å². The van der Waals surface area contributed by atoms with Gasteiger partial charge in [-0.2, -0.15) is 0 Å². The monoisotopic (exact) mass is 576 g/mol. The van der Waals surface area contributed by atoms with Crippen molar-refractivity contribution in [1.29, 1.82) is 0 Å². The van der Waals surface area contributed by atoms with Crippen LogP contribution >= 0.6 is 0 Å². The molecule has 232 valence electrons. The number of hydrogen-bond donors (Lipinski definition) is 4. The Hall–Kier alpha value is -0.580. The van der Waals surface area contributed by atoms with Crippen molar-refractivity contribution in [3.05, 3.63) is 11.6 Å². The fourth-order valence-electron chi connectivity index (χ4n) is 11.1. The lowest BCUT2D eigenvalue weighted by Gasteiger charge is -2.58. The summed E-state index contributed by atoms with van der Waals surface area (Å²) in [5.41, 5.74) is 1.91. The molecule has 16 atom stereocenters. The van der Waals surface area contributed by atoms with Crippen LogP contribution in [0.5, 0.6) is 0 Å². The fourth-order valence-corrected chi connectivity index (χ4v) is 11.1. The second-order valence-electron chi connectivity index (χ2n) is 15.5. The summed E-state index contributed by atoms with van der Waals surface area (Å²) < 4.78 is 25.3. The van der Waals surface area contributed by atoms with E-state index in [9.17, 15) is 20.4 Å². The van der Waals surface area contributed by atoms with Gasteiger partial charge in [0.1, 0.15) is 24.4 Å². The SMILES string of the molecule is C[C@@H]1CCC2(OC1)OC1CC3C4CC=C5CC(OC6OC(CO)C(O)C(O)C6O)CCC5(C)C4CCC3(C)C1[C@@H]2C. The number of aliphatic hydroxyl groups excluding tert-OH is 4. The second-order valence-corrected chi connectivity index (χ2v) is 15.5. The molecule has 0 aromatic heterocycles. The van der Waals surface area contributed by atoms with Crippen molar-refractivity contribution in [2.24, 2.45) is 46.3 Å². The van der Waals surface area contributed by atoms with E-state index >= 15 is 0 Å². The first kappa shape index (κ1) is 29.1. The highest BCUT2D eigenvalue weighted by atomic mass is 16.7. The van der Waals surface area contributed by atoms with E-state index in [1.54, 1.807) is 0 Å². The normalized spacial score (nSPS) is 58.3. The predicted octanol–water partition coefficient (Wildman–Crippen LogP) is 3.54. The van der Waals surface area contributed by atoms with Crippen LogP contribution in [0.4, 0.5) is 0 Å². The molecule has 8 heteroatoms. The van der Waals surface area contributed by atoms with Gasteiger partial charge in [0.15, 0.2) is 12.1 Å². The molecule has 6 fully saturated rings. The lowest BCUT2D eigenvalue weighted by atomic mass is 9.47. The summed E-state index contributed by atoms with van der Waals surface area (Å²) in [4.78, 5) is 0. The van der Waals surface area contributed by atoms with Gasteiger partial charge >= 0.3 is 0 Å². The zero-order chi connectivity index (χ0) is 28.9. The standard InChI is InChI=1S/C33H52O8/c1-17-7-12-33(38-16-17)18(2)26-24(41-33)14-23-21-6-5-19-13-20(8-10-31(19,3)22(21)9-11-32(23,26)4)39-30-29(37)28(36)27(35)25(15-34)40-30/h5,17-18,20-30,34-37H,6-16H2,1-4H3/t17-,18+,20?,21?,22?,23?,24?,25?,26?,27?,28?,29?,30?,31?,32?,33?/m1/s1. The van der Waals surface area contributed by atoms with Gasteiger partial charge < -0.3 is 39.4 Å². The Bertz CT molecular complexity index is 1020. The molecule has 4 aliphatic carbocycles. The maximum absolute atomic E-state index is 10.5. The summed E-state index contributed by atoms with van der Waals surface area (Å²) in [5, 5.41) is 40.4. The number of fused-ring (bicyclic) bond motifs is 7. The molecule has 0 bridgehead atoms. The lowest BCUT2D eigenvalue weighted by Crippen LogP contribution is -2.60. The highest BCUT2D eigenvalue weighted by Gasteiger charge is 2.68. The van der Waals surface area contributed by atoms with E-state index in [-0.39, 0.29) is 17.3 Å². The van der Waals surface area contributed by atoms with Crippen LogP contribution in [-0.4, -0.2) is 82.3 Å².